The van der Waals surface area contributed by atoms with E-state index in [9.17, 15) is 4.79 Å². The summed E-state index contributed by atoms with van der Waals surface area (Å²) in [7, 11) is 2.16. The van der Waals surface area contributed by atoms with Crippen molar-refractivity contribution >= 4 is 28.2 Å². The highest BCUT2D eigenvalue weighted by molar-refractivity contribution is 5.80. The van der Waals surface area contributed by atoms with Crippen molar-refractivity contribution in [2.24, 2.45) is 0 Å². The molecule has 0 amide bonds. The van der Waals surface area contributed by atoms with Crippen molar-refractivity contribution in [2.45, 2.75) is 13.0 Å². The van der Waals surface area contributed by atoms with E-state index in [1.54, 1.807) is 12.3 Å². The second-order valence-electron chi connectivity index (χ2n) is 8.80. The van der Waals surface area contributed by atoms with Gasteiger partial charge >= 0.3 is 0 Å². The third-order valence-corrected chi connectivity index (χ3v) is 6.28. The highest BCUT2D eigenvalue weighted by atomic mass is 16.1. The first-order chi connectivity index (χ1) is 17.1. The molecule has 1 N–H and O–H groups in total. The van der Waals surface area contributed by atoms with Gasteiger partial charge in [-0.2, -0.15) is 5.10 Å². The van der Waals surface area contributed by atoms with Crippen LogP contribution in [0.25, 0.3) is 10.9 Å². The zero-order valence-electron chi connectivity index (χ0n) is 19.9. The molecule has 3 heterocycles. The Kier molecular flexibility index (Phi) is 6.54. The molecule has 4 aromatic rings. The lowest BCUT2D eigenvalue weighted by Crippen LogP contribution is -2.44. The molecule has 0 unspecified atom stereocenters. The molecule has 0 spiro atoms. The summed E-state index contributed by atoms with van der Waals surface area (Å²) in [5, 5.41) is 8.34. The fourth-order valence-corrected chi connectivity index (χ4v) is 4.30. The average Bonchev–Trinajstić information content (AvgIpc) is 2.88. The van der Waals surface area contributed by atoms with Crippen LogP contribution in [0.3, 0.4) is 0 Å². The van der Waals surface area contributed by atoms with Gasteiger partial charge in [0.2, 0.25) is 5.95 Å². The molecule has 8 heteroatoms. The second-order valence-corrected chi connectivity index (χ2v) is 8.80. The highest BCUT2D eigenvalue weighted by Crippen LogP contribution is 2.22. The van der Waals surface area contributed by atoms with Gasteiger partial charge in [0, 0.05) is 50.2 Å². The predicted octanol–water partition coefficient (Wildman–Crippen LogP) is 3.46. The van der Waals surface area contributed by atoms with Gasteiger partial charge in [-0.3, -0.25) is 4.79 Å². The van der Waals surface area contributed by atoms with Gasteiger partial charge in [0.15, 0.2) is 0 Å². The molecule has 0 atom stereocenters. The van der Waals surface area contributed by atoms with Crippen molar-refractivity contribution in [3.63, 3.8) is 0 Å². The minimum atomic E-state index is -0.222. The number of rotatable bonds is 7. The Morgan fingerprint density at radius 1 is 1.03 bits per heavy atom. The maximum absolute atomic E-state index is 12.9. The van der Waals surface area contributed by atoms with Gasteiger partial charge < -0.3 is 15.1 Å². The Morgan fingerprint density at radius 3 is 2.49 bits per heavy atom. The van der Waals surface area contributed by atoms with Gasteiger partial charge in [0.25, 0.3) is 5.56 Å². The van der Waals surface area contributed by atoms with Gasteiger partial charge in [-0.05, 0) is 36.9 Å². The van der Waals surface area contributed by atoms with E-state index >= 15 is 0 Å². The van der Waals surface area contributed by atoms with E-state index in [1.807, 2.05) is 42.5 Å². The second kappa shape index (κ2) is 10.1. The van der Waals surface area contributed by atoms with Crippen LogP contribution in [0.5, 0.6) is 0 Å². The van der Waals surface area contributed by atoms with Crippen molar-refractivity contribution in [1.29, 1.82) is 0 Å². The number of nitrogens with one attached hydrogen (secondary N) is 1. The maximum atomic E-state index is 12.9. The largest absolute Gasteiger partial charge is 0.369 e. The summed E-state index contributed by atoms with van der Waals surface area (Å²) in [6, 6.07) is 18.3. The fourth-order valence-electron chi connectivity index (χ4n) is 4.30. The van der Waals surface area contributed by atoms with Crippen molar-refractivity contribution in [3.8, 4) is 0 Å². The topological polar surface area (TPSA) is 79.2 Å². The molecule has 1 fully saturated rings. The number of hydrogen-bond acceptors (Lipinski definition) is 7. The number of anilines is 3. The highest BCUT2D eigenvalue weighted by Gasteiger charge is 2.16. The van der Waals surface area contributed by atoms with E-state index in [2.05, 4.69) is 51.0 Å². The monoisotopic (exact) mass is 467 g/mol. The molecule has 0 radical (unpaired) electrons. The van der Waals surface area contributed by atoms with Crippen molar-refractivity contribution in [1.82, 2.24) is 24.6 Å². The van der Waals surface area contributed by atoms with Crippen LogP contribution in [0.2, 0.25) is 0 Å². The Hall–Kier alpha value is -4.04. The van der Waals surface area contributed by atoms with E-state index in [1.165, 1.54) is 10.4 Å². The minimum Gasteiger partial charge on any atom is -0.369 e. The molecule has 2 aromatic heterocycles. The lowest BCUT2D eigenvalue weighted by molar-refractivity contribution is 0.313. The standard InChI is InChI=1S/C27H29N7O/c1-3-13-34-26(35)23-19-28-27(30-25(23)24(31-34)18-20-7-5-4-6-8-20)29-21-9-11-22(12-10-21)33-16-14-32(2)15-17-33/h3-12,19H,1,13-18H2,2H3,(H,28,29,30). The van der Waals surface area contributed by atoms with E-state index in [4.69, 9.17) is 4.98 Å². The zero-order chi connectivity index (χ0) is 24.2. The Bertz CT molecular complexity index is 1370. The van der Waals surface area contributed by atoms with Crippen LogP contribution < -0.4 is 15.8 Å². The molecule has 0 aliphatic carbocycles. The number of hydrogen-bond donors (Lipinski definition) is 1. The molecule has 1 aliphatic rings. The summed E-state index contributed by atoms with van der Waals surface area (Å²) in [6.45, 7) is 8.26. The first-order valence-electron chi connectivity index (χ1n) is 11.8. The SMILES string of the molecule is C=CCn1nc(Cc2ccccc2)c2nc(Nc3ccc(N4CCN(C)CC4)cc3)ncc2c1=O. The maximum Gasteiger partial charge on any atom is 0.278 e. The van der Waals surface area contributed by atoms with Crippen LogP contribution in [0.15, 0.2) is 78.2 Å². The molecule has 1 aliphatic heterocycles. The molecule has 5 rings (SSSR count). The van der Waals surface area contributed by atoms with Crippen LogP contribution in [-0.4, -0.2) is 57.9 Å². The van der Waals surface area contributed by atoms with Gasteiger partial charge in [-0.15, -0.1) is 6.58 Å². The van der Waals surface area contributed by atoms with E-state index in [0.29, 0.717) is 29.8 Å². The normalized spacial score (nSPS) is 14.3. The van der Waals surface area contributed by atoms with E-state index in [0.717, 1.165) is 43.1 Å². The summed E-state index contributed by atoms with van der Waals surface area (Å²) in [6.07, 6.45) is 3.81. The Morgan fingerprint density at radius 2 is 1.77 bits per heavy atom. The molecule has 0 bridgehead atoms. The summed E-state index contributed by atoms with van der Waals surface area (Å²) in [5.74, 6) is 0.432. The van der Waals surface area contributed by atoms with Crippen molar-refractivity contribution in [2.75, 3.05) is 43.4 Å². The molecule has 1 saturated heterocycles. The number of fused-ring (bicyclic) bond motifs is 1. The summed E-state index contributed by atoms with van der Waals surface area (Å²) >= 11 is 0. The molecule has 0 saturated carbocycles. The third kappa shape index (κ3) is 5.07. The summed E-state index contributed by atoms with van der Waals surface area (Å²) in [5.41, 5.74) is 4.26. The van der Waals surface area contributed by atoms with Gasteiger partial charge in [0.1, 0.15) is 5.52 Å². The number of likely N-dealkylation sites (N-methyl/N-ethyl adjacent to an activating group) is 1. The molecule has 178 valence electrons. The van der Waals surface area contributed by atoms with Crippen LogP contribution in [0.4, 0.5) is 17.3 Å². The lowest BCUT2D eigenvalue weighted by atomic mass is 10.1. The van der Waals surface area contributed by atoms with E-state index < -0.39 is 0 Å². The van der Waals surface area contributed by atoms with Crippen molar-refractivity contribution < 1.29 is 0 Å². The van der Waals surface area contributed by atoms with Crippen LogP contribution in [0, 0.1) is 0 Å². The van der Waals surface area contributed by atoms with Gasteiger partial charge in [0.05, 0.1) is 17.6 Å². The molecular weight excluding hydrogens is 438 g/mol. The first-order valence-corrected chi connectivity index (χ1v) is 11.8. The first kappa shape index (κ1) is 22.7. The van der Waals surface area contributed by atoms with Gasteiger partial charge in [-0.1, -0.05) is 36.4 Å². The number of allylic oxidation sites excluding steroid dienone is 1. The van der Waals surface area contributed by atoms with Gasteiger partial charge in [-0.25, -0.2) is 14.6 Å². The lowest BCUT2D eigenvalue weighted by Gasteiger charge is -2.34. The van der Waals surface area contributed by atoms with Crippen molar-refractivity contribution in [3.05, 3.63) is 95.1 Å². The third-order valence-electron chi connectivity index (χ3n) is 6.28. The molecule has 8 nitrogen and oxygen atoms in total. The smallest absolute Gasteiger partial charge is 0.278 e. The quantitative estimate of drug-likeness (QED) is 0.417. The van der Waals surface area contributed by atoms with Crippen LogP contribution >= 0.6 is 0 Å². The predicted molar refractivity (Wildman–Crippen MR) is 140 cm³/mol. The summed E-state index contributed by atoms with van der Waals surface area (Å²) in [4.78, 5) is 26.8. The zero-order valence-corrected chi connectivity index (χ0v) is 19.9. The van der Waals surface area contributed by atoms with E-state index in [-0.39, 0.29) is 5.56 Å². The summed E-state index contributed by atoms with van der Waals surface area (Å²) < 4.78 is 1.42. The van der Waals surface area contributed by atoms with Crippen LogP contribution in [-0.2, 0) is 13.0 Å². The number of piperazine rings is 1. The number of aromatic nitrogens is 4. The van der Waals surface area contributed by atoms with Crippen LogP contribution in [0.1, 0.15) is 11.3 Å². The number of nitrogens with zero attached hydrogens (tertiary/aromatic N) is 6. The average molecular weight is 468 g/mol. The molecule has 2 aromatic carbocycles. The number of benzene rings is 2. The fraction of sp³-hybridized carbons (Fsp3) is 0.259. The Balaban J connectivity index is 1.44. The molecular formula is C27H29N7O. The minimum absolute atomic E-state index is 0.222. The molecule has 35 heavy (non-hydrogen) atoms. The Labute approximate surface area is 204 Å².